The average molecular weight is 406 g/mol. The standard InChI is InChI=1S/C18H22N4O5S/c1-5-19-15-8-7-14(28(26,27)21(3)4)11-16(15)20-18(23)13-6-9-17(22(24)25)12(2)10-13/h6-11,19H,5H2,1-4H3,(H,20,23). The number of aryl methyl sites for hydroxylation is 1. The molecule has 0 aliphatic carbocycles. The fourth-order valence-electron chi connectivity index (χ4n) is 2.54. The van der Waals surface area contributed by atoms with Crippen molar-refractivity contribution in [3.05, 3.63) is 57.6 Å². The molecule has 0 aliphatic heterocycles. The first-order valence-electron chi connectivity index (χ1n) is 8.44. The second-order valence-corrected chi connectivity index (χ2v) is 8.39. The Labute approximate surface area is 163 Å². The molecule has 0 saturated heterocycles. The second kappa shape index (κ2) is 8.36. The third-order valence-corrected chi connectivity index (χ3v) is 5.85. The summed E-state index contributed by atoms with van der Waals surface area (Å²) in [4.78, 5) is 23.1. The molecule has 9 nitrogen and oxygen atoms in total. The highest BCUT2D eigenvalue weighted by Gasteiger charge is 2.20. The third-order valence-electron chi connectivity index (χ3n) is 4.04. The van der Waals surface area contributed by atoms with Gasteiger partial charge in [0.15, 0.2) is 0 Å². The maximum Gasteiger partial charge on any atom is 0.272 e. The monoisotopic (exact) mass is 406 g/mol. The minimum absolute atomic E-state index is 0.0364. The highest BCUT2D eigenvalue weighted by atomic mass is 32.2. The zero-order valence-electron chi connectivity index (χ0n) is 16.0. The van der Waals surface area contributed by atoms with Crippen molar-refractivity contribution in [3.63, 3.8) is 0 Å². The number of hydrogen-bond donors (Lipinski definition) is 2. The van der Waals surface area contributed by atoms with Crippen LogP contribution in [-0.2, 0) is 10.0 Å². The third kappa shape index (κ3) is 4.46. The van der Waals surface area contributed by atoms with Gasteiger partial charge in [-0.05, 0) is 44.2 Å². The molecule has 0 aromatic heterocycles. The van der Waals surface area contributed by atoms with Crippen LogP contribution in [0.4, 0.5) is 17.1 Å². The highest BCUT2D eigenvalue weighted by molar-refractivity contribution is 7.89. The van der Waals surface area contributed by atoms with Gasteiger partial charge < -0.3 is 10.6 Å². The molecule has 0 aliphatic rings. The molecule has 0 atom stereocenters. The molecule has 2 N–H and O–H groups in total. The average Bonchev–Trinajstić information content (AvgIpc) is 2.62. The van der Waals surface area contributed by atoms with Gasteiger partial charge in [-0.1, -0.05) is 0 Å². The summed E-state index contributed by atoms with van der Waals surface area (Å²) in [6.45, 7) is 3.98. The molecule has 10 heteroatoms. The van der Waals surface area contributed by atoms with E-state index in [9.17, 15) is 23.3 Å². The van der Waals surface area contributed by atoms with E-state index >= 15 is 0 Å². The summed E-state index contributed by atoms with van der Waals surface area (Å²) >= 11 is 0. The maximum absolute atomic E-state index is 12.6. The summed E-state index contributed by atoms with van der Waals surface area (Å²) in [5.41, 5.74) is 1.36. The van der Waals surface area contributed by atoms with Crippen molar-refractivity contribution in [3.8, 4) is 0 Å². The zero-order chi connectivity index (χ0) is 21.1. The van der Waals surface area contributed by atoms with E-state index in [1.807, 2.05) is 6.92 Å². The molecule has 2 aromatic carbocycles. The van der Waals surface area contributed by atoms with E-state index in [2.05, 4.69) is 10.6 Å². The van der Waals surface area contributed by atoms with E-state index in [0.29, 0.717) is 23.5 Å². The van der Waals surface area contributed by atoms with Crippen LogP contribution in [0.5, 0.6) is 0 Å². The molecule has 150 valence electrons. The van der Waals surface area contributed by atoms with Crippen molar-refractivity contribution in [2.75, 3.05) is 31.3 Å². The van der Waals surface area contributed by atoms with Crippen LogP contribution in [0.2, 0.25) is 0 Å². The van der Waals surface area contributed by atoms with Crippen molar-refractivity contribution < 1.29 is 18.1 Å². The number of carbonyl (C=O) groups excluding carboxylic acids is 1. The number of sulfonamides is 1. The Morgan fingerprint density at radius 2 is 1.82 bits per heavy atom. The van der Waals surface area contributed by atoms with Gasteiger partial charge in [0.25, 0.3) is 11.6 Å². The summed E-state index contributed by atoms with van der Waals surface area (Å²) < 4.78 is 25.9. The predicted octanol–water partition coefficient (Wildman–Crippen LogP) is 2.84. The first-order valence-corrected chi connectivity index (χ1v) is 9.88. The Balaban J connectivity index is 2.42. The van der Waals surface area contributed by atoms with E-state index in [0.717, 1.165) is 4.31 Å². The van der Waals surface area contributed by atoms with Crippen LogP contribution < -0.4 is 10.6 Å². The summed E-state index contributed by atoms with van der Waals surface area (Å²) in [5, 5.41) is 16.7. The summed E-state index contributed by atoms with van der Waals surface area (Å²) in [5.74, 6) is -0.503. The van der Waals surface area contributed by atoms with E-state index in [1.165, 1.54) is 44.4 Å². The second-order valence-electron chi connectivity index (χ2n) is 6.24. The van der Waals surface area contributed by atoms with Crippen LogP contribution in [0.3, 0.4) is 0 Å². The largest absolute Gasteiger partial charge is 0.384 e. The molecule has 0 radical (unpaired) electrons. The first-order chi connectivity index (χ1) is 13.1. The van der Waals surface area contributed by atoms with Gasteiger partial charge in [-0.15, -0.1) is 0 Å². The van der Waals surface area contributed by atoms with Gasteiger partial charge in [0, 0.05) is 37.8 Å². The number of hydrogen-bond acceptors (Lipinski definition) is 6. The van der Waals surface area contributed by atoms with Crippen molar-refractivity contribution in [2.45, 2.75) is 18.7 Å². The van der Waals surface area contributed by atoms with Gasteiger partial charge >= 0.3 is 0 Å². The van der Waals surface area contributed by atoms with Crippen LogP contribution in [0, 0.1) is 17.0 Å². The van der Waals surface area contributed by atoms with Crippen LogP contribution >= 0.6 is 0 Å². The Morgan fingerprint density at radius 3 is 2.36 bits per heavy atom. The van der Waals surface area contributed by atoms with E-state index in [-0.39, 0.29) is 16.1 Å². The molecule has 2 aromatic rings. The number of nitrogens with one attached hydrogen (secondary N) is 2. The van der Waals surface area contributed by atoms with Gasteiger partial charge in [-0.3, -0.25) is 14.9 Å². The van der Waals surface area contributed by atoms with Gasteiger partial charge in [0.2, 0.25) is 10.0 Å². The highest BCUT2D eigenvalue weighted by Crippen LogP contribution is 2.28. The minimum atomic E-state index is -3.67. The molecule has 0 heterocycles. The van der Waals surface area contributed by atoms with Gasteiger partial charge in [-0.25, -0.2) is 12.7 Å². The fraction of sp³-hybridized carbons (Fsp3) is 0.278. The van der Waals surface area contributed by atoms with Crippen molar-refractivity contribution in [1.82, 2.24) is 4.31 Å². The molecule has 0 bridgehead atoms. The zero-order valence-corrected chi connectivity index (χ0v) is 16.8. The number of benzene rings is 2. The Morgan fingerprint density at radius 1 is 1.14 bits per heavy atom. The van der Waals surface area contributed by atoms with Gasteiger partial charge in [0.1, 0.15) is 0 Å². The minimum Gasteiger partial charge on any atom is -0.384 e. The number of nitrogens with zero attached hydrogens (tertiary/aromatic N) is 2. The normalized spacial score (nSPS) is 11.3. The molecular weight excluding hydrogens is 384 g/mol. The number of amides is 1. The van der Waals surface area contributed by atoms with E-state index in [1.54, 1.807) is 13.0 Å². The summed E-state index contributed by atoms with van der Waals surface area (Å²) in [6, 6.07) is 8.45. The summed E-state index contributed by atoms with van der Waals surface area (Å²) in [6.07, 6.45) is 0. The van der Waals surface area contributed by atoms with E-state index < -0.39 is 20.9 Å². The number of carbonyl (C=O) groups is 1. The first kappa shape index (κ1) is 21.3. The number of nitro benzene ring substituents is 1. The molecular formula is C18H22N4O5S. The Kier molecular flexibility index (Phi) is 6.37. The topological polar surface area (TPSA) is 122 Å². The van der Waals surface area contributed by atoms with Crippen molar-refractivity contribution in [1.29, 1.82) is 0 Å². The lowest BCUT2D eigenvalue weighted by Crippen LogP contribution is -2.22. The Hall–Kier alpha value is -2.98. The number of rotatable bonds is 7. The maximum atomic E-state index is 12.6. The number of anilines is 2. The van der Waals surface area contributed by atoms with Crippen LogP contribution in [-0.4, -0.2) is 44.2 Å². The quantitative estimate of drug-likeness (QED) is 0.539. The SMILES string of the molecule is CCNc1ccc(S(=O)(=O)N(C)C)cc1NC(=O)c1ccc([N+](=O)[O-])c(C)c1. The number of nitro groups is 1. The van der Waals surface area contributed by atoms with Gasteiger partial charge in [-0.2, -0.15) is 0 Å². The van der Waals surface area contributed by atoms with Crippen molar-refractivity contribution >= 4 is 33.0 Å². The molecule has 0 unspecified atom stereocenters. The lowest BCUT2D eigenvalue weighted by Gasteiger charge is -2.16. The molecule has 0 spiro atoms. The lowest BCUT2D eigenvalue weighted by molar-refractivity contribution is -0.385. The van der Waals surface area contributed by atoms with Crippen LogP contribution in [0.1, 0.15) is 22.8 Å². The fourth-order valence-corrected chi connectivity index (χ4v) is 3.47. The van der Waals surface area contributed by atoms with Crippen LogP contribution in [0.15, 0.2) is 41.3 Å². The smallest absolute Gasteiger partial charge is 0.272 e. The van der Waals surface area contributed by atoms with Crippen LogP contribution in [0.25, 0.3) is 0 Å². The Bertz CT molecular complexity index is 1020. The lowest BCUT2D eigenvalue weighted by atomic mass is 10.1. The molecule has 0 saturated carbocycles. The van der Waals surface area contributed by atoms with E-state index in [4.69, 9.17) is 0 Å². The van der Waals surface area contributed by atoms with Crippen molar-refractivity contribution in [2.24, 2.45) is 0 Å². The summed E-state index contributed by atoms with van der Waals surface area (Å²) in [7, 11) is -0.830. The molecule has 1 amide bonds. The molecule has 0 fully saturated rings. The predicted molar refractivity (Wildman–Crippen MR) is 107 cm³/mol. The van der Waals surface area contributed by atoms with Gasteiger partial charge in [0.05, 0.1) is 21.2 Å². The molecule has 28 heavy (non-hydrogen) atoms. The molecule has 2 rings (SSSR count).